The van der Waals surface area contributed by atoms with Gasteiger partial charge in [-0.3, -0.25) is 0 Å². The maximum atomic E-state index is 5.31. The van der Waals surface area contributed by atoms with E-state index in [9.17, 15) is 0 Å². The van der Waals surface area contributed by atoms with Crippen LogP contribution in [-0.2, 0) is 17.9 Å². The van der Waals surface area contributed by atoms with Crippen molar-refractivity contribution < 1.29 is 4.74 Å². The molecular formula is C20H28N4OS. The third-order valence-corrected chi connectivity index (χ3v) is 5.48. The lowest BCUT2D eigenvalue weighted by molar-refractivity contribution is 0.184. The molecular weight excluding hydrogens is 344 g/mol. The van der Waals surface area contributed by atoms with Crippen LogP contribution in [0, 0.1) is 0 Å². The van der Waals surface area contributed by atoms with Crippen LogP contribution < -0.4 is 10.2 Å². The summed E-state index contributed by atoms with van der Waals surface area (Å²) in [6.45, 7) is 8.35. The van der Waals surface area contributed by atoms with E-state index in [-0.39, 0.29) is 0 Å². The van der Waals surface area contributed by atoms with Gasteiger partial charge < -0.3 is 19.9 Å². The number of guanidine groups is 1. The van der Waals surface area contributed by atoms with Gasteiger partial charge in [-0.15, -0.1) is 11.3 Å². The number of benzene rings is 1. The number of methoxy groups -OCH3 is 1. The zero-order valence-electron chi connectivity index (χ0n) is 15.6. The molecule has 6 heteroatoms. The molecule has 1 aliphatic rings. The van der Waals surface area contributed by atoms with Crippen molar-refractivity contribution >= 4 is 22.3 Å². The summed E-state index contributed by atoms with van der Waals surface area (Å²) in [5.41, 5.74) is 2.43. The highest BCUT2D eigenvalue weighted by molar-refractivity contribution is 7.14. The molecule has 0 aliphatic carbocycles. The summed E-state index contributed by atoms with van der Waals surface area (Å²) in [6.07, 6.45) is 0. The van der Waals surface area contributed by atoms with Gasteiger partial charge in [-0.2, -0.15) is 0 Å². The molecule has 0 unspecified atom stereocenters. The van der Waals surface area contributed by atoms with E-state index in [4.69, 9.17) is 9.73 Å². The van der Waals surface area contributed by atoms with Gasteiger partial charge in [0.1, 0.15) is 0 Å². The fraction of sp³-hybridized carbons (Fsp3) is 0.450. The molecule has 0 amide bonds. The Morgan fingerprint density at radius 2 is 1.88 bits per heavy atom. The van der Waals surface area contributed by atoms with Gasteiger partial charge in [-0.1, -0.05) is 24.3 Å². The topological polar surface area (TPSA) is 40.1 Å². The van der Waals surface area contributed by atoms with Crippen molar-refractivity contribution in [3.63, 3.8) is 0 Å². The number of hydrogen-bond acceptors (Lipinski definition) is 4. The first-order chi connectivity index (χ1) is 12.8. The molecule has 3 rings (SSSR count). The van der Waals surface area contributed by atoms with E-state index in [1.807, 2.05) is 11.3 Å². The normalized spacial score (nSPS) is 15.4. The van der Waals surface area contributed by atoms with Crippen molar-refractivity contribution in [3.8, 4) is 0 Å². The van der Waals surface area contributed by atoms with Crippen LogP contribution in [0.5, 0.6) is 0 Å². The number of ether oxygens (including phenoxy) is 1. The van der Waals surface area contributed by atoms with Gasteiger partial charge in [0.2, 0.25) is 0 Å². The minimum atomic E-state index is 0.627. The fourth-order valence-corrected chi connectivity index (χ4v) is 3.97. The second-order valence-electron chi connectivity index (χ2n) is 6.30. The predicted molar refractivity (Wildman–Crippen MR) is 110 cm³/mol. The van der Waals surface area contributed by atoms with Crippen LogP contribution in [0.3, 0.4) is 0 Å². The van der Waals surface area contributed by atoms with Crippen molar-refractivity contribution in [2.24, 2.45) is 4.99 Å². The van der Waals surface area contributed by atoms with E-state index < -0.39 is 0 Å². The number of rotatable bonds is 6. The summed E-state index contributed by atoms with van der Waals surface area (Å²) in [5.74, 6) is 1.01. The van der Waals surface area contributed by atoms with Crippen LogP contribution in [0.15, 0.2) is 46.8 Å². The quantitative estimate of drug-likeness (QED) is 0.624. The molecule has 1 aromatic heterocycles. The van der Waals surface area contributed by atoms with Gasteiger partial charge in [-0.25, -0.2) is 4.99 Å². The molecule has 0 atom stereocenters. The average Bonchev–Trinajstić information content (AvgIpc) is 3.21. The largest absolute Gasteiger partial charge is 0.380 e. The molecule has 1 saturated heterocycles. The number of aliphatic imine (C=N–C) groups is 1. The molecule has 2 heterocycles. The Bertz CT molecular complexity index is 694. The molecule has 1 fully saturated rings. The van der Waals surface area contributed by atoms with Crippen molar-refractivity contribution in [1.29, 1.82) is 0 Å². The average molecular weight is 373 g/mol. The fourth-order valence-electron chi connectivity index (χ4n) is 3.18. The van der Waals surface area contributed by atoms with E-state index in [2.05, 4.69) is 63.8 Å². The smallest absolute Gasteiger partial charge is 0.194 e. The number of piperazine rings is 1. The first kappa shape index (κ1) is 18.7. The summed E-state index contributed by atoms with van der Waals surface area (Å²) in [7, 11) is 1.73. The first-order valence-electron chi connectivity index (χ1n) is 9.19. The highest BCUT2D eigenvalue weighted by Gasteiger charge is 2.20. The molecule has 5 nitrogen and oxygen atoms in total. The molecule has 0 spiro atoms. The zero-order chi connectivity index (χ0) is 18.2. The second-order valence-corrected chi connectivity index (χ2v) is 7.22. The summed E-state index contributed by atoms with van der Waals surface area (Å²) in [5, 5.41) is 6.96. The number of nitrogens with one attached hydrogen (secondary N) is 1. The Morgan fingerprint density at radius 1 is 1.12 bits per heavy atom. The van der Waals surface area contributed by atoms with Crippen LogP contribution >= 0.6 is 11.3 Å². The Balaban J connectivity index is 1.65. The second kappa shape index (κ2) is 9.59. The Kier molecular flexibility index (Phi) is 6.91. The molecule has 0 radical (unpaired) electrons. The standard InChI is InChI=1S/C20H28N4OS/c1-3-21-20(22-15-17-7-4-5-8-18(17)16-25-2)24-12-10-23(11-13-24)19-9-6-14-26-19/h4-9,14H,3,10-13,15-16H2,1-2H3,(H,21,22). The monoisotopic (exact) mass is 372 g/mol. The molecule has 0 bridgehead atoms. The highest BCUT2D eigenvalue weighted by Crippen LogP contribution is 2.22. The maximum absolute atomic E-state index is 5.31. The number of hydrogen-bond donors (Lipinski definition) is 1. The molecule has 1 N–H and O–H groups in total. The lowest BCUT2D eigenvalue weighted by atomic mass is 10.1. The number of thiophene rings is 1. The zero-order valence-corrected chi connectivity index (χ0v) is 16.5. The van der Waals surface area contributed by atoms with E-state index in [1.165, 1.54) is 16.1 Å². The lowest BCUT2D eigenvalue weighted by Gasteiger charge is -2.37. The van der Waals surface area contributed by atoms with E-state index >= 15 is 0 Å². The van der Waals surface area contributed by atoms with Crippen LogP contribution in [0.1, 0.15) is 18.1 Å². The Hall–Kier alpha value is -2.05. The van der Waals surface area contributed by atoms with Gasteiger partial charge in [0.05, 0.1) is 18.2 Å². The van der Waals surface area contributed by atoms with Gasteiger partial charge in [0.15, 0.2) is 5.96 Å². The molecule has 0 saturated carbocycles. The van der Waals surface area contributed by atoms with Gasteiger partial charge in [0.25, 0.3) is 0 Å². The number of anilines is 1. The minimum Gasteiger partial charge on any atom is -0.380 e. The van der Waals surface area contributed by atoms with Gasteiger partial charge in [0, 0.05) is 39.8 Å². The molecule has 1 aliphatic heterocycles. The van der Waals surface area contributed by atoms with E-state index in [0.29, 0.717) is 13.2 Å². The Labute approximate surface area is 160 Å². The van der Waals surface area contributed by atoms with E-state index in [1.54, 1.807) is 7.11 Å². The van der Waals surface area contributed by atoms with Crippen molar-refractivity contribution in [1.82, 2.24) is 10.2 Å². The van der Waals surface area contributed by atoms with Crippen LogP contribution in [0.2, 0.25) is 0 Å². The SMILES string of the molecule is CCNC(=NCc1ccccc1COC)N1CCN(c2cccs2)CC1. The highest BCUT2D eigenvalue weighted by atomic mass is 32.1. The third kappa shape index (κ3) is 4.77. The lowest BCUT2D eigenvalue weighted by Crippen LogP contribution is -2.52. The first-order valence-corrected chi connectivity index (χ1v) is 10.1. The molecule has 2 aromatic rings. The van der Waals surface area contributed by atoms with Gasteiger partial charge in [-0.05, 0) is 35.6 Å². The van der Waals surface area contributed by atoms with Crippen molar-refractivity contribution in [3.05, 3.63) is 52.9 Å². The predicted octanol–water partition coefficient (Wildman–Crippen LogP) is 3.18. The third-order valence-electron chi connectivity index (χ3n) is 4.55. The van der Waals surface area contributed by atoms with Gasteiger partial charge >= 0.3 is 0 Å². The molecule has 26 heavy (non-hydrogen) atoms. The number of nitrogens with zero attached hydrogens (tertiary/aromatic N) is 3. The summed E-state index contributed by atoms with van der Waals surface area (Å²) in [4.78, 5) is 9.72. The summed E-state index contributed by atoms with van der Waals surface area (Å²) in [6, 6.07) is 12.7. The van der Waals surface area contributed by atoms with E-state index in [0.717, 1.165) is 38.7 Å². The summed E-state index contributed by atoms with van der Waals surface area (Å²) < 4.78 is 5.31. The molecule has 1 aromatic carbocycles. The molecule has 140 valence electrons. The van der Waals surface area contributed by atoms with Crippen LogP contribution in [-0.4, -0.2) is 50.7 Å². The van der Waals surface area contributed by atoms with Crippen LogP contribution in [0.25, 0.3) is 0 Å². The van der Waals surface area contributed by atoms with Crippen molar-refractivity contribution in [2.45, 2.75) is 20.1 Å². The Morgan fingerprint density at radius 3 is 2.54 bits per heavy atom. The van der Waals surface area contributed by atoms with Crippen molar-refractivity contribution in [2.75, 3.05) is 44.7 Å². The minimum absolute atomic E-state index is 0.627. The summed E-state index contributed by atoms with van der Waals surface area (Å²) >= 11 is 1.81. The van der Waals surface area contributed by atoms with Crippen LogP contribution in [0.4, 0.5) is 5.00 Å². The maximum Gasteiger partial charge on any atom is 0.194 e.